The van der Waals surface area contributed by atoms with Crippen molar-refractivity contribution in [2.45, 2.75) is 6.54 Å². The van der Waals surface area contributed by atoms with Crippen molar-refractivity contribution >= 4 is 52.8 Å². The normalized spacial score (nSPS) is 10.5. The van der Waals surface area contributed by atoms with Crippen LogP contribution in [0.3, 0.4) is 0 Å². The first kappa shape index (κ1) is 26.5. The molecule has 0 spiro atoms. The van der Waals surface area contributed by atoms with E-state index in [0.717, 1.165) is 5.56 Å². The number of hydrogen-bond donors (Lipinski definition) is 3. The standard InChI is InChI=1S/C25H22Cl2N4O5/c1-35-18-11-9-16(10-12-18)13-28-24(33)25(34)31-29-14-17-5-2-3-8-21(17)36-15-22(32)30-20-7-4-6-19(26)23(20)27/h2-12,14H,13,15H2,1H3,(H,28,33)(H,30,32)(H,31,34)/b29-14-. The summed E-state index contributed by atoms with van der Waals surface area (Å²) in [7, 11) is 1.56. The molecule has 36 heavy (non-hydrogen) atoms. The third-order valence-electron chi connectivity index (χ3n) is 4.69. The number of benzene rings is 3. The molecular weight excluding hydrogens is 507 g/mol. The molecule has 0 radical (unpaired) electrons. The van der Waals surface area contributed by atoms with E-state index in [0.29, 0.717) is 27.8 Å². The minimum absolute atomic E-state index is 0.166. The zero-order valence-corrected chi connectivity index (χ0v) is 20.6. The van der Waals surface area contributed by atoms with Crippen LogP contribution in [-0.2, 0) is 20.9 Å². The minimum atomic E-state index is -0.934. The van der Waals surface area contributed by atoms with Gasteiger partial charge in [0.05, 0.1) is 29.1 Å². The van der Waals surface area contributed by atoms with E-state index in [9.17, 15) is 14.4 Å². The van der Waals surface area contributed by atoms with Crippen molar-refractivity contribution in [3.63, 3.8) is 0 Å². The highest BCUT2D eigenvalue weighted by molar-refractivity contribution is 6.44. The maximum Gasteiger partial charge on any atom is 0.329 e. The molecule has 0 aliphatic rings. The lowest BCUT2D eigenvalue weighted by Crippen LogP contribution is -2.37. The van der Waals surface area contributed by atoms with Gasteiger partial charge in [-0.1, -0.05) is 53.5 Å². The van der Waals surface area contributed by atoms with Gasteiger partial charge in [-0.3, -0.25) is 14.4 Å². The fourth-order valence-corrected chi connectivity index (χ4v) is 3.21. The van der Waals surface area contributed by atoms with Gasteiger partial charge in [-0.25, -0.2) is 5.43 Å². The molecule has 0 aromatic heterocycles. The minimum Gasteiger partial charge on any atom is -0.497 e. The largest absolute Gasteiger partial charge is 0.497 e. The Balaban J connectivity index is 1.49. The first-order valence-corrected chi connectivity index (χ1v) is 11.3. The van der Waals surface area contributed by atoms with E-state index in [4.69, 9.17) is 32.7 Å². The Kier molecular flexibility index (Phi) is 9.67. The van der Waals surface area contributed by atoms with Gasteiger partial charge in [-0.05, 0) is 42.0 Å². The van der Waals surface area contributed by atoms with Crippen molar-refractivity contribution in [1.82, 2.24) is 10.7 Å². The Morgan fingerprint density at radius 3 is 2.44 bits per heavy atom. The van der Waals surface area contributed by atoms with Crippen LogP contribution in [0.5, 0.6) is 11.5 Å². The van der Waals surface area contributed by atoms with Gasteiger partial charge in [-0.2, -0.15) is 5.10 Å². The molecule has 3 amide bonds. The first-order chi connectivity index (χ1) is 17.4. The molecule has 0 bridgehead atoms. The number of rotatable bonds is 9. The smallest absolute Gasteiger partial charge is 0.329 e. The Bertz CT molecular complexity index is 1270. The van der Waals surface area contributed by atoms with Crippen molar-refractivity contribution in [2.75, 3.05) is 19.0 Å². The van der Waals surface area contributed by atoms with Crippen molar-refractivity contribution in [2.24, 2.45) is 5.10 Å². The monoisotopic (exact) mass is 528 g/mol. The molecule has 3 N–H and O–H groups in total. The molecule has 9 nitrogen and oxygen atoms in total. The molecule has 3 aromatic rings. The lowest BCUT2D eigenvalue weighted by Gasteiger charge is -2.11. The predicted molar refractivity (Wildman–Crippen MR) is 138 cm³/mol. The third kappa shape index (κ3) is 7.72. The van der Waals surface area contributed by atoms with Crippen molar-refractivity contribution < 1.29 is 23.9 Å². The summed E-state index contributed by atoms with van der Waals surface area (Å²) in [5.74, 6) is -1.20. The predicted octanol–water partition coefficient (Wildman–Crippen LogP) is 3.79. The molecule has 3 rings (SSSR count). The van der Waals surface area contributed by atoms with Crippen LogP contribution in [0.25, 0.3) is 0 Å². The fraction of sp³-hybridized carbons (Fsp3) is 0.120. The lowest BCUT2D eigenvalue weighted by atomic mass is 10.2. The zero-order valence-electron chi connectivity index (χ0n) is 19.1. The molecule has 0 aliphatic carbocycles. The second-order valence-corrected chi connectivity index (χ2v) is 7.99. The molecule has 3 aromatic carbocycles. The maximum atomic E-state index is 12.3. The highest BCUT2D eigenvalue weighted by atomic mass is 35.5. The summed E-state index contributed by atoms with van der Waals surface area (Å²) in [5.41, 5.74) is 3.80. The van der Waals surface area contributed by atoms with E-state index in [1.807, 2.05) is 0 Å². The molecule has 0 atom stereocenters. The van der Waals surface area contributed by atoms with Gasteiger partial charge in [-0.15, -0.1) is 0 Å². The van der Waals surface area contributed by atoms with Crippen LogP contribution in [-0.4, -0.2) is 37.7 Å². The summed E-state index contributed by atoms with van der Waals surface area (Å²) in [6, 6.07) is 18.7. The molecule has 0 heterocycles. The number of halogens is 2. The van der Waals surface area contributed by atoms with E-state index >= 15 is 0 Å². The number of nitrogens with zero attached hydrogens (tertiary/aromatic N) is 1. The van der Waals surface area contributed by atoms with E-state index in [1.54, 1.807) is 73.8 Å². The second kappa shape index (κ2) is 13.1. The first-order valence-electron chi connectivity index (χ1n) is 10.6. The summed E-state index contributed by atoms with van der Waals surface area (Å²) < 4.78 is 10.6. The Morgan fingerprint density at radius 1 is 0.944 bits per heavy atom. The summed E-state index contributed by atoms with van der Waals surface area (Å²) in [5, 5.41) is 9.46. The number of carbonyl (C=O) groups is 3. The second-order valence-electron chi connectivity index (χ2n) is 7.21. The molecule has 11 heteroatoms. The summed E-state index contributed by atoms with van der Waals surface area (Å²) in [4.78, 5) is 36.3. The van der Waals surface area contributed by atoms with Gasteiger partial charge >= 0.3 is 11.8 Å². The number of hydrazone groups is 1. The molecule has 0 saturated heterocycles. The average Bonchev–Trinajstić information content (AvgIpc) is 2.89. The zero-order chi connectivity index (χ0) is 25.9. The maximum absolute atomic E-state index is 12.3. The van der Waals surface area contributed by atoms with Crippen LogP contribution in [0.4, 0.5) is 5.69 Å². The highest BCUT2D eigenvalue weighted by Crippen LogP contribution is 2.29. The number of para-hydroxylation sites is 1. The quantitative estimate of drug-likeness (QED) is 0.222. The number of nitrogens with one attached hydrogen (secondary N) is 3. The number of methoxy groups -OCH3 is 1. The number of carbonyl (C=O) groups excluding carboxylic acids is 3. The molecular formula is C25H22Cl2N4O5. The number of ether oxygens (including phenoxy) is 2. The van der Waals surface area contributed by atoms with Crippen molar-refractivity contribution in [1.29, 1.82) is 0 Å². The van der Waals surface area contributed by atoms with Gasteiger partial charge < -0.3 is 20.1 Å². The Morgan fingerprint density at radius 2 is 1.69 bits per heavy atom. The number of anilines is 1. The SMILES string of the molecule is COc1ccc(CNC(=O)C(=O)N/N=C\c2ccccc2OCC(=O)Nc2cccc(Cl)c2Cl)cc1. The van der Waals surface area contributed by atoms with Gasteiger partial charge in [0, 0.05) is 12.1 Å². The number of amides is 3. The van der Waals surface area contributed by atoms with E-state index < -0.39 is 17.7 Å². The topological polar surface area (TPSA) is 118 Å². The van der Waals surface area contributed by atoms with E-state index in [-0.39, 0.29) is 18.2 Å². The summed E-state index contributed by atoms with van der Waals surface area (Å²) >= 11 is 12.0. The fourth-order valence-electron chi connectivity index (χ4n) is 2.87. The van der Waals surface area contributed by atoms with Crippen molar-refractivity contribution in [3.8, 4) is 11.5 Å². The molecule has 0 aliphatic heterocycles. The lowest BCUT2D eigenvalue weighted by molar-refractivity contribution is -0.139. The Labute approximate surface area is 217 Å². The number of hydrogen-bond acceptors (Lipinski definition) is 6. The van der Waals surface area contributed by atoms with E-state index in [2.05, 4.69) is 21.2 Å². The molecule has 0 unspecified atom stereocenters. The van der Waals surface area contributed by atoms with Crippen molar-refractivity contribution in [3.05, 3.63) is 87.9 Å². The summed E-state index contributed by atoms with van der Waals surface area (Å²) in [6.45, 7) is -0.146. The van der Waals surface area contributed by atoms with E-state index in [1.165, 1.54) is 6.21 Å². The van der Waals surface area contributed by atoms with Gasteiger partial charge in [0.25, 0.3) is 5.91 Å². The molecule has 186 valence electrons. The van der Waals surface area contributed by atoms with Crippen LogP contribution >= 0.6 is 23.2 Å². The third-order valence-corrected chi connectivity index (χ3v) is 5.51. The summed E-state index contributed by atoms with van der Waals surface area (Å²) in [6.07, 6.45) is 1.30. The van der Waals surface area contributed by atoms with Crippen LogP contribution in [0, 0.1) is 0 Å². The van der Waals surface area contributed by atoms with Crippen LogP contribution < -0.4 is 25.5 Å². The highest BCUT2D eigenvalue weighted by Gasteiger charge is 2.13. The average molecular weight is 529 g/mol. The molecule has 0 fully saturated rings. The van der Waals surface area contributed by atoms with Crippen LogP contribution in [0.15, 0.2) is 71.8 Å². The van der Waals surface area contributed by atoms with Crippen LogP contribution in [0.2, 0.25) is 10.0 Å². The molecule has 0 saturated carbocycles. The van der Waals surface area contributed by atoms with Gasteiger partial charge in [0.2, 0.25) is 0 Å². The van der Waals surface area contributed by atoms with Crippen LogP contribution in [0.1, 0.15) is 11.1 Å². The van der Waals surface area contributed by atoms with Gasteiger partial charge in [0.1, 0.15) is 11.5 Å². The van der Waals surface area contributed by atoms with Gasteiger partial charge in [0.15, 0.2) is 6.61 Å². The Hall–Kier alpha value is -4.08.